The van der Waals surface area contributed by atoms with Gasteiger partial charge < -0.3 is 0 Å². The summed E-state index contributed by atoms with van der Waals surface area (Å²) in [5, 5.41) is 0. The fraction of sp³-hybridized carbons (Fsp3) is 1.00. The smallest absolute Gasteiger partial charge is 0.0154 e. The zero-order valence-corrected chi connectivity index (χ0v) is 6.28. The third kappa shape index (κ3) is 1.83. The first-order valence-electron chi connectivity index (χ1n) is 3.15. The molecule has 0 fully saturated rings. The third-order valence-electron chi connectivity index (χ3n) is 2.02. The van der Waals surface area contributed by atoms with E-state index in [0.29, 0.717) is 12.5 Å². The summed E-state index contributed by atoms with van der Waals surface area (Å²) >= 11 is 0. The number of hydrogen-bond donors (Lipinski definition) is 0. The average Bonchev–Trinajstić information content (AvgIpc) is 1.67. The Labute approximate surface area is 52.3 Å². The molecule has 0 aliphatic rings. The summed E-state index contributed by atoms with van der Waals surface area (Å²) in [5.41, 5.74) is 7.34. The fourth-order valence-electron chi connectivity index (χ4n) is 0.204. The highest BCUT2D eigenvalue weighted by atomic mass is 14.6. The quantitative estimate of drug-likeness (QED) is 0.524. The van der Waals surface area contributed by atoms with E-state index >= 15 is 0 Å². The van der Waals surface area contributed by atoms with Crippen LogP contribution in [0.5, 0.6) is 0 Å². The molecule has 0 aliphatic carbocycles. The predicted octanol–water partition coefficient (Wildman–Crippen LogP) is 1.95. The molecule has 8 heavy (non-hydrogen) atoms. The van der Waals surface area contributed by atoms with Gasteiger partial charge >= 0.3 is 0 Å². The molecule has 0 spiro atoms. The van der Waals surface area contributed by atoms with Crippen LogP contribution in [0.4, 0.5) is 0 Å². The van der Waals surface area contributed by atoms with Gasteiger partial charge in [-0.2, -0.15) is 0 Å². The molecule has 1 heteroatoms. The first kappa shape index (κ1) is 7.96. The van der Waals surface area contributed by atoms with Gasteiger partial charge in [0.25, 0.3) is 0 Å². The molecule has 1 N–H and O–H groups in total. The van der Waals surface area contributed by atoms with E-state index in [2.05, 4.69) is 27.7 Å². The van der Waals surface area contributed by atoms with Crippen LogP contribution in [-0.4, -0.2) is 6.54 Å². The number of nitrogens with one attached hydrogen (secondary N) is 1. The van der Waals surface area contributed by atoms with E-state index < -0.39 is 0 Å². The normalized spacial score (nSPS) is 12.8. The SMILES string of the molecule is CC(C)C(C)(C)C[NH]. The molecule has 1 radical (unpaired) electrons. The molecule has 0 atom stereocenters. The zero-order valence-electron chi connectivity index (χ0n) is 6.28. The summed E-state index contributed by atoms with van der Waals surface area (Å²) in [5.74, 6) is 0.625. The molecular formula is C7H16N. The standard InChI is InChI=1S/C7H16N/c1-6(2)7(3,4)5-8/h6,8H,5H2,1-4H3. The van der Waals surface area contributed by atoms with Gasteiger partial charge in [0.15, 0.2) is 0 Å². The van der Waals surface area contributed by atoms with Gasteiger partial charge in [0.05, 0.1) is 0 Å². The minimum atomic E-state index is 0.208. The molecule has 0 saturated carbocycles. The molecule has 0 bridgehead atoms. The van der Waals surface area contributed by atoms with Crippen molar-refractivity contribution in [3.8, 4) is 0 Å². The lowest BCUT2D eigenvalue weighted by Gasteiger charge is -2.26. The van der Waals surface area contributed by atoms with Gasteiger partial charge in [-0.15, -0.1) is 0 Å². The van der Waals surface area contributed by atoms with E-state index in [0.717, 1.165) is 0 Å². The Morgan fingerprint density at radius 2 is 1.75 bits per heavy atom. The van der Waals surface area contributed by atoms with E-state index in [1.54, 1.807) is 0 Å². The van der Waals surface area contributed by atoms with Crippen LogP contribution in [0.25, 0.3) is 0 Å². The Morgan fingerprint density at radius 1 is 1.38 bits per heavy atom. The van der Waals surface area contributed by atoms with Gasteiger partial charge in [0.2, 0.25) is 0 Å². The van der Waals surface area contributed by atoms with Gasteiger partial charge in [0, 0.05) is 6.54 Å². The molecule has 0 amide bonds. The van der Waals surface area contributed by atoms with Crippen molar-refractivity contribution in [2.45, 2.75) is 27.7 Å². The second-order valence-corrected chi connectivity index (χ2v) is 3.32. The monoisotopic (exact) mass is 114 g/mol. The Hall–Kier alpha value is -0.0400. The van der Waals surface area contributed by atoms with Crippen molar-refractivity contribution in [3.63, 3.8) is 0 Å². The van der Waals surface area contributed by atoms with Crippen molar-refractivity contribution in [2.75, 3.05) is 6.54 Å². The summed E-state index contributed by atoms with van der Waals surface area (Å²) in [4.78, 5) is 0. The Bertz CT molecular complexity index is 64.8. The highest BCUT2D eigenvalue weighted by Crippen LogP contribution is 2.23. The second-order valence-electron chi connectivity index (χ2n) is 3.32. The fourth-order valence-corrected chi connectivity index (χ4v) is 0.204. The minimum Gasteiger partial charge on any atom is -0.257 e. The maximum Gasteiger partial charge on any atom is 0.0154 e. The van der Waals surface area contributed by atoms with Crippen LogP contribution >= 0.6 is 0 Å². The van der Waals surface area contributed by atoms with Gasteiger partial charge in [-0.3, -0.25) is 5.73 Å². The van der Waals surface area contributed by atoms with E-state index in [4.69, 9.17) is 5.73 Å². The van der Waals surface area contributed by atoms with Crippen LogP contribution in [-0.2, 0) is 0 Å². The van der Waals surface area contributed by atoms with Crippen molar-refractivity contribution in [3.05, 3.63) is 0 Å². The molecule has 0 aromatic rings. The molecule has 1 nitrogen and oxygen atoms in total. The first-order valence-corrected chi connectivity index (χ1v) is 3.15. The lowest BCUT2D eigenvalue weighted by molar-refractivity contribution is 0.258. The molecular weight excluding hydrogens is 98.1 g/mol. The van der Waals surface area contributed by atoms with Crippen LogP contribution in [0, 0.1) is 11.3 Å². The summed E-state index contributed by atoms with van der Waals surface area (Å²) in [6.07, 6.45) is 0. The third-order valence-corrected chi connectivity index (χ3v) is 2.02. The average molecular weight is 114 g/mol. The molecule has 49 valence electrons. The summed E-state index contributed by atoms with van der Waals surface area (Å²) in [7, 11) is 0. The van der Waals surface area contributed by atoms with Gasteiger partial charge in [0.1, 0.15) is 0 Å². The molecule has 0 saturated heterocycles. The maximum absolute atomic E-state index is 7.14. The van der Waals surface area contributed by atoms with Crippen LogP contribution in [0.15, 0.2) is 0 Å². The van der Waals surface area contributed by atoms with Crippen molar-refractivity contribution >= 4 is 0 Å². The first-order chi connectivity index (χ1) is 3.50. The Balaban J connectivity index is 3.71. The molecule has 0 aromatic heterocycles. The van der Waals surface area contributed by atoms with Crippen molar-refractivity contribution in [2.24, 2.45) is 11.3 Å². The Kier molecular flexibility index (Phi) is 2.48. The largest absolute Gasteiger partial charge is 0.257 e. The molecule has 0 rings (SSSR count). The van der Waals surface area contributed by atoms with E-state index in [-0.39, 0.29) is 5.41 Å². The van der Waals surface area contributed by atoms with Gasteiger partial charge in [-0.05, 0) is 11.3 Å². The van der Waals surface area contributed by atoms with E-state index in [1.807, 2.05) is 0 Å². The molecule has 0 heterocycles. The molecule has 0 aliphatic heterocycles. The minimum absolute atomic E-state index is 0.208. The van der Waals surface area contributed by atoms with Crippen LogP contribution in [0.2, 0.25) is 0 Å². The van der Waals surface area contributed by atoms with Crippen molar-refractivity contribution in [1.29, 1.82) is 0 Å². The highest BCUT2D eigenvalue weighted by Gasteiger charge is 2.19. The van der Waals surface area contributed by atoms with Crippen molar-refractivity contribution < 1.29 is 0 Å². The lowest BCUT2D eigenvalue weighted by Crippen LogP contribution is -2.24. The highest BCUT2D eigenvalue weighted by molar-refractivity contribution is 4.71. The van der Waals surface area contributed by atoms with Crippen molar-refractivity contribution in [1.82, 2.24) is 5.73 Å². The van der Waals surface area contributed by atoms with Gasteiger partial charge in [-0.1, -0.05) is 27.7 Å². The van der Waals surface area contributed by atoms with E-state index in [9.17, 15) is 0 Å². The second kappa shape index (κ2) is 2.49. The Morgan fingerprint density at radius 3 is 1.75 bits per heavy atom. The van der Waals surface area contributed by atoms with Crippen LogP contribution in [0.1, 0.15) is 27.7 Å². The number of hydrogen-bond acceptors (Lipinski definition) is 0. The summed E-state index contributed by atoms with van der Waals surface area (Å²) in [6, 6.07) is 0. The lowest BCUT2D eigenvalue weighted by atomic mass is 9.81. The zero-order chi connectivity index (χ0) is 6.78. The van der Waals surface area contributed by atoms with E-state index in [1.165, 1.54) is 0 Å². The maximum atomic E-state index is 7.14. The summed E-state index contributed by atoms with van der Waals surface area (Å²) in [6.45, 7) is 9.11. The number of rotatable bonds is 2. The van der Waals surface area contributed by atoms with Crippen LogP contribution in [0.3, 0.4) is 0 Å². The molecule has 0 aromatic carbocycles. The topological polar surface area (TPSA) is 23.8 Å². The van der Waals surface area contributed by atoms with Crippen LogP contribution < -0.4 is 5.73 Å². The predicted molar refractivity (Wildman–Crippen MR) is 36.6 cm³/mol. The van der Waals surface area contributed by atoms with Gasteiger partial charge in [-0.25, -0.2) is 0 Å². The molecule has 0 unspecified atom stereocenters. The summed E-state index contributed by atoms with van der Waals surface area (Å²) < 4.78 is 0.